The summed E-state index contributed by atoms with van der Waals surface area (Å²) in [5.74, 6) is 0.398. The van der Waals surface area contributed by atoms with Crippen LogP contribution in [0.1, 0.15) is 28.9 Å². The molecule has 2 bridgehead atoms. The van der Waals surface area contributed by atoms with Crippen molar-refractivity contribution in [2.75, 3.05) is 0 Å². The van der Waals surface area contributed by atoms with Gasteiger partial charge in [-0.25, -0.2) is 0 Å². The molecule has 6 nitrogen and oxygen atoms in total. The van der Waals surface area contributed by atoms with Crippen molar-refractivity contribution in [2.24, 2.45) is 28.8 Å². The Morgan fingerprint density at radius 2 is 1.60 bits per heavy atom. The van der Waals surface area contributed by atoms with Crippen LogP contribution in [0.5, 0.6) is 5.75 Å². The normalized spacial score (nSPS) is 24.7. The molecule has 4 atom stereocenters. The van der Waals surface area contributed by atoms with Crippen molar-refractivity contribution in [2.45, 2.75) is 26.9 Å². The van der Waals surface area contributed by atoms with Crippen LogP contribution in [-0.2, 0) is 16.2 Å². The zero-order valence-electron chi connectivity index (χ0n) is 19.8. The summed E-state index contributed by atoms with van der Waals surface area (Å²) in [6, 6.07) is 20.1. The minimum Gasteiger partial charge on any atom is -0.489 e. The summed E-state index contributed by atoms with van der Waals surface area (Å²) in [5.41, 5.74) is 5.05. The Bertz CT molecular complexity index is 1320. The number of carbonyl (C=O) groups is 2. The predicted octanol–water partition coefficient (Wildman–Crippen LogP) is 4.81. The first-order valence-electron chi connectivity index (χ1n) is 12.1. The van der Waals surface area contributed by atoms with Gasteiger partial charge in [0.05, 0.1) is 18.1 Å². The summed E-state index contributed by atoms with van der Waals surface area (Å²) in [4.78, 5) is 25.8. The highest BCUT2D eigenvalue weighted by Gasteiger charge is 2.59. The summed E-state index contributed by atoms with van der Waals surface area (Å²) >= 11 is 0. The lowest BCUT2D eigenvalue weighted by Gasteiger charge is -2.13. The number of hydrogen-bond acceptors (Lipinski definition) is 4. The van der Waals surface area contributed by atoms with Crippen LogP contribution in [0, 0.1) is 37.5 Å². The molecule has 0 unspecified atom stereocenters. The summed E-state index contributed by atoms with van der Waals surface area (Å²) in [6.07, 6.45) is 6.75. The summed E-state index contributed by atoms with van der Waals surface area (Å²) in [6.45, 7) is 4.57. The third kappa shape index (κ3) is 3.60. The molecular weight excluding hydrogens is 438 g/mol. The highest BCUT2D eigenvalue weighted by Crippen LogP contribution is 2.52. The van der Waals surface area contributed by atoms with Gasteiger partial charge in [-0.3, -0.25) is 9.59 Å². The fraction of sp³-hybridized carbons (Fsp3) is 0.276. The lowest BCUT2D eigenvalue weighted by atomic mass is 9.85. The van der Waals surface area contributed by atoms with Gasteiger partial charge in [0, 0.05) is 22.6 Å². The molecule has 176 valence electrons. The Labute approximate surface area is 204 Å². The number of benzene rings is 2. The van der Waals surface area contributed by atoms with Crippen LogP contribution in [0.2, 0.25) is 0 Å². The number of allylic oxidation sites excluding steroid dienone is 2. The number of aromatic nitrogens is 1. The third-order valence-corrected chi connectivity index (χ3v) is 7.57. The first-order valence-corrected chi connectivity index (χ1v) is 12.1. The molecule has 35 heavy (non-hydrogen) atoms. The van der Waals surface area contributed by atoms with Crippen molar-refractivity contribution in [3.05, 3.63) is 95.3 Å². The van der Waals surface area contributed by atoms with Gasteiger partial charge in [-0.15, -0.1) is 0 Å². The van der Waals surface area contributed by atoms with E-state index in [1.54, 1.807) is 6.21 Å². The molecule has 6 heteroatoms. The first-order chi connectivity index (χ1) is 17.0. The SMILES string of the molecule is Cc1cc(C=NN2C(=O)[C@@H]3[C@H](C2=O)[C@H]2C=C[C@H]3C2)c(C)n1-c1ccc(OCc2ccccc2)cc1. The number of imide groups is 1. The molecule has 2 fully saturated rings. The molecule has 1 saturated carbocycles. The molecule has 6 rings (SSSR count). The van der Waals surface area contributed by atoms with Crippen LogP contribution >= 0.6 is 0 Å². The van der Waals surface area contributed by atoms with Crippen LogP contribution in [0.25, 0.3) is 5.69 Å². The van der Waals surface area contributed by atoms with E-state index in [1.165, 1.54) is 0 Å². The molecule has 3 aliphatic rings. The Morgan fingerprint density at radius 3 is 2.26 bits per heavy atom. The number of aryl methyl sites for hydroxylation is 1. The standard InChI is InChI=1S/C29H27N3O3/c1-18-14-23(16-30-32-28(33)26-21-8-9-22(15-21)27(26)29(32)34)19(2)31(18)24-10-12-25(13-11-24)35-17-20-6-4-3-5-7-20/h3-14,16,21-22,26-27H,15,17H2,1-2H3/t21-,22-,26-,27+/m0/s1. The molecule has 1 saturated heterocycles. The Kier molecular flexibility index (Phi) is 5.17. The average molecular weight is 466 g/mol. The van der Waals surface area contributed by atoms with E-state index in [4.69, 9.17) is 4.74 Å². The maximum atomic E-state index is 12.9. The van der Waals surface area contributed by atoms with Gasteiger partial charge in [0.2, 0.25) is 0 Å². The highest BCUT2D eigenvalue weighted by atomic mass is 16.5. The van der Waals surface area contributed by atoms with Gasteiger partial charge in [0.1, 0.15) is 12.4 Å². The van der Waals surface area contributed by atoms with Gasteiger partial charge >= 0.3 is 0 Å². The van der Waals surface area contributed by atoms with Crippen molar-refractivity contribution in [3.63, 3.8) is 0 Å². The van der Waals surface area contributed by atoms with E-state index in [1.807, 2.05) is 74.5 Å². The zero-order chi connectivity index (χ0) is 24.1. The molecular formula is C29H27N3O3. The number of nitrogens with zero attached hydrogens (tertiary/aromatic N) is 3. The van der Waals surface area contributed by atoms with E-state index in [0.717, 1.165) is 45.4 Å². The van der Waals surface area contributed by atoms with Gasteiger partial charge < -0.3 is 9.30 Å². The number of fused-ring (bicyclic) bond motifs is 5. The second-order valence-electron chi connectivity index (χ2n) is 9.66. The molecule has 0 N–H and O–H groups in total. The van der Waals surface area contributed by atoms with Gasteiger partial charge in [-0.2, -0.15) is 10.1 Å². The van der Waals surface area contributed by atoms with E-state index in [-0.39, 0.29) is 35.5 Å². The molecule has 1 aromatic heterocycles. The number of carbonyl (C=O) groups excluding carboxylic acids is 2. The summed E-state index contributed by atoms with van der Waals surface area (Å²) in [7, 11) is 0. The van der Waals surface area contributed by atoms with Gasteiger partial charge in [0.15, 0.2) is 0 Å². The van der Waals surface area contributed by atoms with Gasteiger partial charge in [0.25, 0.3) is 11.8 Å². The van der Waals surface area contributed by atoms with Gasteiger partial charge in [-0.1, -0.05) is 42.5 Å². The second kappa shape index (κ2) is 8.38. The molecule has 2 aromatic carbocycles. The Hall–Kier alpha value is -3.93. The zero-order valence-corrected chi connectivity index (χ0v) is 19.8. The largest absolute Gasteiger partial charge is 0.489 e. The monoisotopic (exact) mass is 465 g/mol. The smallest absolute Gasteiger partial charge is 0.254 e. The summed E-state index contributed by atoms with van der Waals surface area (Å²) in [5, 5.41) is 5.46. The molecule has 2 amide bonds. The maximum Gasteiger partial charge on any atom is 0.254 e. The van der Waals surface area contributed by atoms with Crippen LogP contribution in [0.4, 0.5) is 0 Å². The Morgan fingerprint density at radius 1 is 0.943 bits per heavy atom. The van der Waals surface area contributed by atoms with E-state index < -0.39 is 0 Å². The van der Waals surface area contributed by atoms with Crippen LogP contribution < -0.4 is 4.74 Å². The predicted molar refractivity (Wildman–Crippen MR) is 133 cm³/mol. The number of rotatable bonds is 6. The topological polar surface area (TPSA) is 63.9 Å². The van der Waals surface area contributed by atoms with Crippen molar-refractivity contribution < 1.29 is 14.3 Å². The fourth-order valence-electron chi connectivity index (χ4n) is 5.87. The minimum absolute atomic E-state index is 0.159. The van der Waals surface area contributed by atoms with Crippen molar-refractivity contribution >= 4 is 18.0 Å². The first kappa shape index (κ1) is 21.6. The molecule has 2 heterocycles. The number of hydrogen-bond donors (Lipinski definition) is 0. The molecule has 2 aliphatic carbocycles. The average Bonchev–Trinajstić information content (AvgIpc) is 3.61. The van der Waals surface area contributed by atoms with E-state index in [2.05, 4.69) is 21.8 Å². The molecule has 0 spiro atoms. The number of amides is 2. The molecule has 3 aromatic rings. The van der Waals surface area contributed by atoms with E-state index in [0.29, 0.717) is 6.61 Å². The van der Waals surface area contributed by atoms with Crippen LogP contribution in [0.3, 0.4) is 0 Å². The Balaban J connectivity index is 1.18. The van der Waals surface area contributed by atoms with Crippen molar-refractivity contribution in [1.82, 2.24) is 9.58 Å². The molecule has 1 aliphatic heterocycles. The van der Waals surface area contributed by atoms with Crippen LogP contribution in [0.15, 0.2) is 77.9 Å². The fourth-order valence-corrected chi connectivity index (χ4v) is 5.87. The number of ether oxygens (including phenoxy) is 1. The minimum atomic E-state index is -0.232. The van der Waals surface area contributed by atoms with Crippen molar-refractivity contribution in [3.8, 4) is 11.4 Å². The van der Waals surface area contributed by atoms with Crippen LogP contribution in [-0.4, -0.2) is 27.6 Å². The lowest BCUT2D eigenvalue weighted by molar-refractivity contribution is -0.140. The third-order valence-electron chi connectivity index (χ3n) is 7.57. The maximum absolute atomic E-state index is 12.9. The molecule has 0 radical (unpaired) electrons. The van der Waals surface area contributed by atoms with E-state index >= 15 is 0 Å². The van der Waals surface area contributed by atoms with Crippen molar-refractivity contribution in [1.29, 1.82) is 0 Å². The highest BCUT2D eigenvalue weighted by molar-refractivity contribution is 6.06. The van der Waals surface area contributed by atoms with E-state index in [9.17, 15) is 9.59 Å². The quantitative estimate of drug-likeness (QED) is 0.298. The second-order valence-corrected chi connectivity index (χ2v) is 9.66. The number of hydrazone groups is 1. The van der Waals surface area contributed by atoms with Gasteiger partial charge in [-0.05, 0) is 68.0 Å². The summed E-state index contributed by atoms with van der Waals surface area (Å²) < 4.78 is 8.04. The lowest BCUT2D eigenvalue weighted by Crippen LogP contribution is -2.28.